The van der Waals surface area contributed by atoms with Gasteiger partial charge < -0.3 is 9.47 Å². The van der Waals surface area contributed by atoms with Crippen LogP contribution in [-0.2, 0) is 9.53 Å². The molecule has 1 saturated carbocycles. The van der Waals surface area contributed by atoms with Gasteiger partial charge in [-0.1, -0.05) is 38.0 Å². The lowest BCUT2D eigenvalue weighted by Crippen LogP contribution is -2.23. The van der Waals surface area contributed by atoms with Crippen LogP contribution in [0.2, 0.25) is 0 Å². The third-order valence-electron chi connectivity index (χ3n) is 4.63. The second-order valence-electron chi connectivity index (χ2n) is 6.54. The van der Waals surface area contributed by atoms with E-state index in [0.29, 0.717) is 5.92 Å². The molecule has 1 aliphatic rings. The van der Waals surface area contributed by atoms with Crippen LogP contribution in [0.1, 0.15) is 70.3 Å². The van der Waals surface area contributed by atoms with Crippen molar-refractivity contribution in [3.8, 4) is 5.75 Å². The molecule has 0 atom stereocenters. The molecule has 0 spiro atoms. The van der Waals surface area contributed by atoms with Crippen LogP contribution in [-0.4, -0.2) is 18.7 Å². The maximum absolute atomic E-state index is 11.5. The topological polar surface area (TPSA) is 35.5 Å². The van der Waals surface area contributed by atoms with E-state index in [1.807, 2.05) is 6.92 Å². The summed E-state index contributed by atoms with van der Waals surface area (Å²) in [5, 5.41) is 0. The Bertz CT molecular complexity index is 510. The van der Waals surface area contributed by atoms with Crippen molar-refractivity contribution < 1.29 is 14.3 Å². The van der Waals surface area contributed by atoms with Crippen LogP contribution in [0.25, 0.3) is 0 Å². The van der Waals surface area contributed by atoms with Gasteiger partial charge in [-0.15, -0.1) is 0 Å². The van der Waals surface area contributed by atoms with Crippen LogP contribution in [0.3, 0.4) is 0 Å². The smallest absolute Gasteiger partial charge is 0.330 e. The zero-order chi connectivity index (χ0) is 17.2. The Morgan fingerprint density at radius 1 is 1.12 bits per heavy atom. The molecule has 1 aromatic rings. The summed E-state index contributed by atoms with van der Waals surface area (Å²) in [5.41, 5.74) is 1.37. The predicted octanol–water partition coefficient (Wildman–Crippen LogP) is 5.40. The van der Waals surface area contributed by atoms with Gasteiger partial charge in [-0.2, -0.15) is 0 Å². The Kier molecular flexibility index (Phi) is 7.87. The summed E-state index contributed by atoms with van der Waals surface area (Å²) in [4.78, 5) is 11.5. The minimum Gasteiger partial charge on any atom is -0.494 e. The van der Waals surface area contributed by atoms with E-state index in [2.05, 4.69) is 31.2 Å². The summed E-state index contributed by atoms with van der Waals surface area (Å²) < 4.78 is 11.2. The summed E-state index contributed by atoms with van der Waals surface area (Å²) in [6, 6.07) is 8.54. The third kappa shape index (κ3) is 6.03. The molecule has 0 unspecified atom stereocenters. The van der Waals surface area contributed by atoms with E-state index in [0.717, 1.165) is 44.5 Å². The number of hydrogen-bond acceptors (Lipinski definition) is 3. The molecule has 1 fully saturated rings. The molecule has 0 amide bonds. The minimum atomic E-state index is -0.217. The second kappa shape index (κ2) is 10.2. The molecule has 0 radical (unpaired) electrons. The number of unbranched alkanes of at least 4 members (excludes halogenated alkanes) is 2. The lowest BCUT2D eigenvalue weighted by molar-refractivity contribution is -0.144. The van der Waals surface area contributed by atoms with Crippen molar-refractivity contribution >= 4 is 5.97 Å². The monoisotopic (exact) mass is 330 g/mol. The van der Waals surface area contributed by atoms with Crippen LogP contribution in [0.4, 0.5) is 0 Å². The molecule has 2 rings (SSSR count). The minimum absolute atomic E-state index is 0.0751. The quantitative estimate of drug-likeness (QED) is 0.363. The van der Waals surface area contributed by atoms with Crippen molar-refractivity contribution in [1.82, 2.24) is 0 Å². The highest BCUT2D eigenvalue weighted by Crippen LogP contribution is 2.34. The van der Waals surface area contributed by atoms with E-state index < -0.39 is 0 Å². The van der Waals surface area contributed by atoms with E-state index in [-0.39, 0.29) is 12.1 Å². The highest BCUT2D eigenvalue weighted by Gasteiger charge is 2.24. The van der Waals surface area contributed by atoms with Crippen molar-refractivity contribution in [1.29, 1.82) is 0 Å². The molecule has 0 aliphatic heterocycles. The summed E-state index contributed by atoms with van der Waals surface area (Å²) in [5.74, 6) is 1.31. The number of carbonyl (C=O) groups is 1. The molecule has 0 bridgehead atoms. The standard InChI is InChI=1S/C21H30O3/c1-3-5-6-16-23-19-12-8-17(9-13-19)18-10-14-20(15-11-18)24-21(22)7-4-2/h4,7-9,12-13,18,20H,3,5-6,10-11,14-16H2,1-2H3. The molecule has 0 aromatic heterocycles. The molecule has 0 N–H and O–H groups in total. The first-order chi connectivity index (χ1) is 11.7. The number of hydrogen-bond donors (Lipinski definition) is 0. The molecule has 24 heavy (non-hydrogen) atoms. The van der Waals surface area contributed by atoms with Crippen molar-refractivity contribution in [2.75, 3.05) is 6.61 Å². The average molecular weight is 330 g/mol. The van der Waals surface area contributed by atoms with Gasteiger partial charge >= 0.3 is 5.97 Å². The zero-order valence-corrected chi connectivity index (χ0v) is 15.0. The first-order valence-electron chi connectivity index (χ1n) is 9.29. The molecule has 1 aromatic carbocycles. The van der Waals surface area contributed by atoms with Gasteiger partial charge in [0.15, 0.2) is 0 Å². The lowest BCUT2D eigenvalue weighted by Gasteiger charge is -2.28. The van der Waals surface area contributed by atoms with E-state index in [4.69, 9.17) is 9.47 Å². The molecular weight excluding hydrogens is 300 g/mol. The van der Waals surface area contributed by atoms with Crippen LogP contribution in [0, 0.1) is 0 Å². The molecule has 3 heteroatoms. The SMILES string of the molecule is CC=CC(=O)OC1CCC(c2ccc(OCCCCC)cc2)CC1. The van der Waals surface area contributed by atoms with Gasteiger partial charge in [0.25, 0.3) is 0 Å². The van der Waals surface area contributed by atoms with Crippen LogP contribution in [0.5, 0.6) is 5.75 Å². The molecule has 3 nitrogen and oxygen atoms in total. The van der Waals surface area contributed by atoms with Gasteiger partial charge in [0, 0.05) is 6.08 Å². The Hall–Kier alpha value is -1.77. The number of allylic oxidation sites excluding steroid dienone is 1. The third-order valence-corrected chi connectivity index (χ3v) is 4.63. The average Bonchev–Trinajstić information content (AvgIpc) is 2.60. The summed E-state index contributed by atoms with van der Waals surface area (Å²) in [6.07, 6.45) is 10.9. The van der Waals surface area contributed by atoms with Crippen molar-refractivity contribution in [2.24, 2.45) is 0 Å². The Morgan fingerprint density at radius 3 is 2.46 bits per heavy atom. The van der Waals surface area contributed by atoms with Gasteiger partial charge in [-0.25, -0.2) is 4.79 Å². The fourth-order valence-corrected chi connectivity index (χ4v) is 3.23. The van der Waals surface area contributed by atoms with E-state index in [1.54, 1.807) is 6.08 Å². The Morgan fingerprint density at radius 2 is 1.83 bits per heavy atom. The summed E-state index contributed by atoms with van der Waals surface area (Å²) in [6.45, 7) is 4.83. The predicted molar refractivity (Wildman–Crippen MR) is 97.4 cm³/mol. The molecule has 0 saturated heterocycles. The van der Waals surface area contributed by atoms with Gasteiger partial charge in [0.2, 0.25) is 0 Å². The normalized spacial score (nSPS) is 20.9. The largest absolute Gasteiger partial charge is 0.494 e. The number of carbonyl (C=O) groups excluding carboxylic acids is 1. The van der Waals surface area contributed by atoms with Crippen molar-refractivity contribution in [3.05, 3.63) is 42.0 Å². The van der Waals surface area contributed by atoms with Gasteiger partial charge in [0.1, 0.15) is 11.9 Å². The number of rotatable bonds is 8. The van der Waals surface area contributed by atoms with Crippen LogP contribution < -0.4 is 4.74 Å². The second-order valence-corrected chi connectivity index (χ2v) is 6.54. The van der Waals surface area contributed by atoms with Gasteiger partial charge in [0.05, 0.1) is 6.61 Å². The maximum atomic E-state index is 11.5. The zero-order valence-electron chi connectivity index (χ0n) is 15.0. The number of esters is 1. The maximum Gasteiger partial charge on any atom is 0.330 e. The molecule has 1 aliphatic carbocycles. The van der Waals surface area contributed by atoms with Gasteiger partial charge in [-0.05, 0) is 62.6 Å². The molecular formula is C21H30O3. The van der Waals surface area contributed by atoms with Gasteiger partial charge in [-0.3, -0.25) is 0 Å². The first kappa shape index (κ1) is 18.6. The van der Waals surface area contributed by atoms with E-state index in [9.17, 15) is 4.79 Å². The Labute approximate surface area is 146 Å². The lowest BCUT2D eigenvalue weighted by atomic mass is 9.83. The highest BCUT2D eigenvalue weighted by atomic mass is 16.5. The fraction of sp³-hybridized carbons (Fsp3) is 0.571. The highest BCUT2D eigenvalue weighted by molar-refractivity contribution is 5.81. The number of ether oxygens (including phenoxy) is 2. The molecule has 132 valence electrons. The first-order valence-corrected chi connectivity index (χ1v) is 9.29. The molecule has 0 heterocycles. The van der Waals surface area contributed by atoms with Crippen LogP contribution in [0.15, 0.2) is 36.4 Å². The van der Waals surface area contributed by atoms with Crippen LogP contribution >= 0.6 is 0 Å². The van der Waals surface area contributed by atoms with Crippen molar-refractivity contribution in [2.45, 2.75) is 70.8 Å². The summed E-state index contributed by atoms with van der Waals surface area (Å²) >= 11 is 0. The van der Waals surface area contributed by atoms with E-state index >= 15 is 0 Å². The van der Waals surface area contributed by atoms with E-state index in [1.165, 1.54) is 24.5 Å². The summed E-state index contributed by atoms with van der Waals surface area (Å²) in [7, 11) is 0. The number of benzene rings is 1. The fourth-order valence-electron chi connectivity index (χ4n) is 3.23. The van der Waals surface area contributed by atoms with Crippen molar-refractivity contribution in [3.63, 3.8) is 0 Å². The Balaban J connectivity index is 1.76.